The molecule has 5 rings (SSSR count). The Hall–Kier alpha value is -3.86. The summed E-state index contributed by atoms with van der Waals surface area (Å²) in [5.74, 6) is 0.0369. The van der Waals surface area contributed by atoms with Crippen LogP contribution in [0.3, 0.4) is 0 Å². The second-order valence-electron chi connectivity index (χ2n) is 8.63. The summed E-state index contributed by atoms with van der Waals surface area (Å²) in [6.07, 6.45) is 2.87. The van der Waals surface area contributed by atoms with Crippen molar-refractivity contribution in [1.82, 2.24) is 29.9 Å². The van der Waals surface area contributed by atoms with Crippen molar-refractivity contribution in [2.24, 2.45) is 0 Å². The molecule has 34 heavy (non-hydrogen) atoms. The van der Waals surface area contributed by atoms with Gasteiger partial charge >= 0.3 is 0 Å². The fraction of sp³-hybridized carbons (Fsp3) is 0.391. The van der Waals surface area contributed by atoms with E-state index in [1.807, 2.05) is 0 Å². The number of nitrogens with zero attached hydrogens (tertiary/aromatic N) is 6. The van der Waals surface area contributed by atoms with Gasteiger partial charge in [0.15, 0.2) is 5.76 Å². The van der Waals surface area contributed by atoms with E-state index in [0.29, 0.717) is 35.3 Å². The summed E-state index contributed by atoms with van der Waals surface area (Å²) >= 11 is 0. The number of likely N-dealkylation sites (N-methyl/N-ethyl adjacent to an activating group) is 1. The third kappa shape index (κ3) is 3.87. The summed E-state index contributed by atoms with van der Waals surface area (Å²) in [7, 11) is 1.63. The molecule has 2 saturated heterocycles. The van der Waals surface area contributed by atoms with Crippen LogP contribution in [0.2, 0.25) is 0 Å². The monoisotopic (exact) mass is 463 g/mol. The van der Waals surface area contributed by atoms with Crippen LogP contribution in [0, 0.1) is 0 Å². The number of carbonyl (C=O) groups excluding carboxylic acids is 2. The molecule has 0 saturated carbocycles. The van der Waals surface area contributed by atoms with Crippen LogP contribution in [-0.4, -0.2) is 79.6 Å². The number of likely N-dealkylation sites (tertiary alicyclic amines) is 2. The number of pyridine rings is 1. The molecule has 0 aromatic carbocycles. The molecule has 0 bridgehead atoms. The van der Waals surface area contributed by atoms with Gasteiger partial charge in [-0.05, 0) is 31.5 Å². The smallest absolute Gasteiger partial charge is 0.262 e. The van der Waals surface area contributed by atoms with Crippen LogP contribution in [-0.2, 0) is 15.2 Å². The molecule has 2 fully saturated rings. The topological polar surface area (TPSA) is 138 Å². The highest BCUT2D eigenvalue weighted by atomic mass is 16.5. The number of amides is 2. The van der Waals surface area contributed by atoms with Crippen molar-refractivity contribution in [1.29, 1.82) is 0 Å². The van der Waals surface area contributed by atoms with Gasteiger partial charge in [-0.15, -0.1) is 0 Å². The lowest BCUT2D eigenvalue weighted by Crippen LogP contribution is -2.48. The van der Waals surface area contributed by atoms with Crippen molar-refractivity contribution in [3.8, 4) is 22.8 Å². The maximum absolute atomic E-state index is 12.4. The molecule has 3 aromatic rings. The van der Waals surface area contributed by atoms with E-state index >= 15 is 0 Å². The average Bonchev–Trinajstić information content (AvgIpc) is 3.41. The molecule has 0 spiro atoms. The molecule has 176 valence electrons. The Balaban J connectivity index is 1.36. The zero-order valence-electron chi connectivity index (χ0n) is 18.9. The van der Waals surface area contributed by atoms with E-state index < -0.39 is 17.6 Å². The first-order valence-electron chi connectivity index (χ1n) is 11.2. The molecule has 11 heteroatoms. The van der Waals surface area contributed by atoms with Gasteiger partial charge in [0.1, 0.15) is 11.7 Å². The summed E-state index contributed by atoms with van der Waals surface area (Å²) in [4.78, 5) is 41.3. The highest BCUT2D eigenvalue weighted by molar-refractivity contribution is 5.87. The van der Waals surface area contributed by atoms with Crippen molar-refractivity contribution < 1.29 is 19.2 Å². The second-order valence-corrected chi connectivity index (χ2v) is 8.63. The Labute approximate surface area is 195 Å². The summed E-state index contributed by atoms with van der Waals surface area (Å²) < 4.78 is 5.33. The predicted octanol–water partition coefficient (Wildman–Crippen LogP) is 1.28. The van der Waals surface area contributed by atoms with E-state index in [1.165, 1.54) is 4.90 Å². The fourth-order valence-electron chi connectivity index (χ4n) is 4.03. The number of aliphatic hydroxyl groups is 1. The van der Waals surface area contributed by atoms with Gasteiger partial charge in [0.05, 0.1) is 17.1 Å². The van der Waals surface area contributed by atoms with Crippen LogP contribution >= 0.6 is 0 Å². The fourth-order valence-corrected chi connectivity index (χ4v) is 4.03. The summed E-state index contributed by atoms with van der Waals surface area (Å²) in [5, 5.41) is 17.9. The number of nitrogens with one attached hydrogen (secondary N) is 1. The number of hydrogen-bond acceptors (Lipinski definition) is 9. The quantitative estimate of drug-likeness (QED) is 0.553. The van der Waals surface area contributed by atoms with Gasteiger partial charge in [-0.2, -0.15) is 0 Å². The normalized spacial score (nSPS) is 20.9. The number of anilines is 1. The average molecular weight is 463 g/mol. The Bertz CT molecular complexity index is 1240. The van der Waals surface area contributed by atoms with Crippen molar-refractivity contribution in [3.05, 3.63) is 42.3 Å². The molecule has 2 aliphatic rings. The third-order valence-electron chi connectivity index (χ3n) is 6.24. The summed E-state index contributed by atoms with van der Waals surface area (Å²) in [6, 6.07) is 8.19. The molecule has 3 aromatic heterocycles. The number of aromatic nitrogens is 4. The zero-order valence-corrected chi connectivity index (χ0v) is 18.9. The SMILES string of the molecule is CC(Nc1nccc(-c2cccc(-c3cc([C@]4(O)CCN(C)C4=O)on3)n2)n1)C(=O)N1CCC1. The van der Waals surface area contributed by atoms with Gasteiger partial charge in [0.2, 0.25) is 17.5 Å². The van der Waals surface area contributed by atoms with Crippen molar-refractivity contribution in [3.63, 3.8) is 0 Å². The van der Waals surface area contributed by atoms with Crippen LogP contribution in [0.1, 0.15) is 25.5 Å². The Morgan fingerprint density at radius 1 is 1.15 bits per heavy atom. The lowest BCUT2D eigenvalue weighted by Gasteiger charge is -2.33. The third-order valence-corrected chi connectivity index (χ3v) is 6.24. The molecule has 0 aliphatic carbocycles. The Morgan fingerprint density at radius 2 is 1.88 bits per heavy atom. The van der Waals surface area contributed by atoms with Crippen LogP contribution in [0.4, 0.5) is 5.95 Å². The van der Waals surface area contributed by atoms with Gasteiger partial charge < -0.3 is 24.7 Å². The molecule has 2 aliphatic heterocycles. The van der Waals surface area contributed by atoms with Gasteiger partial charge in [0, 0.05) is 45.4 Å². The van der Waals surface area contributed by atoms with Gasteiger partial charge in [-0.25, -0.2) is 15.0 Å². The number of hydrogen-bond donors (Lipinski definition) is 2. The lowest BCUT2D eigenvalue weighted by molar-refractivity contribution is -0.144. The summed E-state index contributed by atoms with van der Waals surface area (Å²) in [6.45, 7) is 3.80. The molecule has 5 heterocycles. The molecular weight excluding hydrogens is 438 g/mol. The van der Waals surface area contributed by atoms with E-state index in [-0.39, 0.29) is 18.1 Å². The van der Waals surface area contributed by atoms with Crippen molar-refractivity contribution in [2.75, 3.05) is 32.0 Å². The van der Waals surface area contributed by atoms with E-state index in [9.17, 15) is 14.7 Å². The van der Waals surface area contributed by atoms with Crippen molar-refractivity contribution in [2.45, 2.75) is 31.4 Å². The van der Waals surface area contributed by atoms with Crippen LogP contribution in [0.5, 0.6) is 0 Å². The first-order chi connectivity index (χ1) is 16.3. The Morgan fingerprint density at radius 3 is 2.56 bits per heavy atom. The molecule has 0 radical (unpaired) electrons. The summed E-state index contributed by atoms with van der Waals surface area (Å²) in [5.41, 5.74) is 0.329. The molecule has 11 nitrogen and oxygen atoms in total. The number of carbonyl (C=O) groups is 2. The van der Waals surface area contributed by atoms with Crippen LogP contribution < -0.4 is 5.32 Å². The van der Waals surface area contributed by atoms with E-state index in [4.69, 9.17) is 4.52 Å². The minimum absolute atomic E-state index is 0.0239. The first-order valence-corrected chi connectivity index (χ1v) is 11.2. The second kappa shape index (κ2) is 8.49. The zero-order chi connectivity index (χ0) is 23.9. The first kappa shape index (κ1) is 22.0. The maximum atomic E-state index is 12.4. The van der Waals surface area contributed by atoms with Crippen molar-refractivity contribution >= 4 is 17.8 Å². The molecule has 2 N–H and O–H groups in total. The van der Waals surface area contributed by atoms with E-state index in [0.717, 1.165) is 19.5 Å². The largest absolute Gasteiger partial charge is 0.373 e. The molecular formula is C23H25N7O4. The van der Waals surface area contributed by atoms with Crippen LogP contribution in [0.25, 0.3) is 22.8 Å². The Kier molecular flexibility index (Phi) is 5.48. The van der Waals surface area contributed by atoms with Gasteiger partial charge in [-0.1, -0.05) is 11.2 Å². The molecule has 2 amide bonds. The number of rotatable bonds is 6. The minimum Gasteiger partial charge on any atom is -0.373 e. The van der Waals surface area contributed by atoms with Gasteiger partial charge in [-0.3, -0.25) is 9.59 Å². The minimum atomic E-state index is -1.71. The maximum Gasteiger partial charge on any atom is 0.262 e. The highest BCUT2D eigenvalue weighted by Crippen LogP contribution is 2.34. The standard InChI is InChI=1S/C23H25N7O4/c1-14(20(31)30-10-4-11-30)25-22-24-9-7-17(27-22)15-5-3-6-16(26-15)18-13-19(34-28-18)23(33)8-12-29(2)21(23)32/h3,5-7,9,13-14,33H,4,8,10-12H2,1-2H3,(H,24,25,27)/t14?,23-/m1/s1. The van der Waals surface area contributed by atoms with E-state index in [1.54, 1.807) is 55.4 Å². The molecule has 2 atom stereocenters. The van der Waals surface area contributed by atoms with Gasteiger partial charge in [0.25, 0.3) is 5.91 Å². The predicted molar refractivity (Wildman–Crippen MR) is 121 cm³/mol. The van der Waals surface area contributed by atoms with Crippen LogP contribution in [0.15, 0.2) is 41.1 Å². The lowest BCUT2D eigenvalue weighted by atomic mass is 9.98. The van der Waals surface area contributed by atoms with E-state index in [2.05, 4.69) is 25.4 Å². The molecule has 1 unspecified atom stereocenters. The highest BCUT2D eigenvalue weighted by Gasteiger charge is 2.48.